The first-order valence-electron chi connectivity index (χ1n) is 8.04. The molecule has 1 N–H and O–H groups in total. The van der Waals surface area contributed by atoms with Crippen LogP contribution in [0.4, 0.5) is 0 Å². The molecular formula is C17H21BrN2O3S2. The predicted octanol–water partition coefficient (Wildman–Crippen LogP) is 3.34. The number of piperazine rings is 1. The van der Waals surface area contributed by atoms with Gasteiger partial charge in [0.1, 0.15) is 9.96 Å². The standard InChI is InChI=1S/C17H21BrN2O3S2/c1-12-9-13(2)17(21)14(10-12)11-19-5-7-20(8-6-19)25(22,23)16-4-3-15(18)24-16/h3-4,9-10,21H,5-8,11H2,1-2H3. The first-order chi connectivity index (χ1) is 11.8. The Morgan fingerprint density at radius 3 is 2.44 bits per heavy atom. The number of phenolic OH excluding ortho intramolecular Hbond substituents is 1. The SMILES string of the molecule is Cc1cc(C)c(O)c(CN2CCN(S(=O)(=O)c3ccc(Br)s3)CC2)c1. The normalized spacial score (nSPS) is 17.1. The summed E-state index contributed by atoms with van der Waals surface area (Å²) in [6.07, 6.45) is 0. The largest absolute Gasteiger partial charge is 0.507 e. The lowest BCUT2D eigenvalue weighted by atomic mass is 10.0. The third-order valence-corrected chi connectivity index (χ3v) is 8.38. The summed E-state index contributed by atoms with van der Waals surface area (Å²) in [4.78, 5) is 2.18. The van der Waals surface area contributed by atoms with E-state index in [2.05, 4.69) is 20.8 Å². The lowest BCUT2D eigenvalue weighted by molar-refractivity contribution is 0.180. The molecule has 5 nitrogen and oxygen atoms in total. The number of aromatic hydroxyl groups is 1. The van der Waals surface area contributed by atoms with Crippen LogP contribution in [0.5, 0.6) is 5.75 Å². The molecule has 0 spiro atoms. The predicted molar refractivity (Wildman–Crippen MR) is 104 cm³/mol. The summed E-state index contributed by atoms with van der Waals surface area (Å²) in [5.41, 5.74) is 2.89. The van der Waals surface area contributed by atoms with E-state index >= 15 is 0 Å². The summed E-state index contributed by atoms with van der Waals surface area (Å²) in [7, 11) is -3.41. The Morgan fingerprint density at radius 1 is 1.16 bits per heavy atom. The van der Waals surface area contributed by atoms with Crippen molar-refractivity contribution in [3.8, 4) is 5.75 Å². The molecule has 8 heteroatoms. The van der Waals surface area contributed by atoms with Crippen molar-refractivity contribution >= 4 is 37.3 Å². The zero-order valence-corrected chi connectivity index (χ0v) is 17.4. The van der Waals surface area contributed by atoms with Crippen molar-refractivity contribution in [2.75, 3.05) is 26.2 Å². The number of phenols is 1. The van der Waals surface area contributed by atoms with Crippen LogP contribution in [0.15, 0.2) is 32.3 Å². The Labute approximate surface area is 161 Å². The number of sulfonamides is 1. The molecule has 1 aromatic carbocycles. The molecule has 0 saturated carbocycles. The van der Waals surface area contributed by atoms with E-state index < -0.39 is 10.0 Å². The molecule has 1 aromatic heterocycles. The molecule has 0 radical (unpaired) electrons. The van der Waals surface area contributed by atoms with E-state index in [1.807, 2.05) is 26.0 Å². The van der Waals surface area contributed by atoms with Gasteiger partial charge in [0.2, 0.25) is 0 Å². The minimum absolute atomic E-state index is 0.337. The summed E-state index contributed by atoms with van der Waals surface area (Å²) in [6.45, 7) is 6.77. The second kappa shape index (κ2) is 7.36. The molecule has 2 heterocycles. The van der Waals surface area contributed by atoms with Gasteiger partial charge in [-0.15, -0.1) is 11.3 Å². The third-order valence-electron chi connectivity index (χ3n) is 4.39. The van der Waals surface area contributed by atoms with Crippen molar-refractivity contribution in [1.29, 1.82) is 0 Å². The number of aryl methyl sites for hydroxylation is 2. The Hall–Kier alpha value is -0.930. The fourth-order valence-corrected chi connectivity index (χ4v) is 6.69. The molecular weight excluding hydrogens is 424 g/mol. The third kappa shape index (κ3) is 4.09. The Balaban J connectivity index is 1.66. The van der Waals surface area contributed by atoms with E-state index in [0.717, 1.165) is 20.5 Å². The van der Waals surface area contributed by atoms with Crippen LogP contribution in [0.2, 0.25) is 0 Å². The summed E-state index contributed by atoms with van der Waals surface area (Å²) in [5.74, 6) is 0.337. The van der Waals surface area contributed by atoms with Crippen molar-refractivity contribution in [3.05, 3.63) is 44.7 Å². The van der Waals surface area contributed by atoms with Gasteiger partial charge in [0.15, 0.2) is 0 Å². The van der Waals surface area contributed by atoms with Gasteiger partial charge in [0, 0.05) is 38.3 Å². The number of hydrogen-bond acceptors (Lipinski definition) is 5. The van der Waals surface area contributed by atoms with Gasteiger partial charge in [-0.05, 0) is 47.5 Å². The maximum atomic E-state index is 12.7. The zero-order chi connectivity index (χ0) is 18.2. The molecule has 0 bridgehead atoms. The van der Waals surface area contributed by atoms with Gasteiger partial charge in [-0.3, -0.25) is 4.90 Å². The Morgan fingerprint density at radius 2 is 1.84 bits per heavy atom. The highest BCUT2D eigenvalue weighted by atomic mass is 79.9. The number of thiophene rings is 1. The molecule has 1 fully saturated rings. The van der Waals surface area contributed by atoms with E-state index in [0.29, 0.717) is 42.7 Å². The maximum Gasteiger partial charge on any atom is 0.252 e. The fraction of sp³-hybridized carbons (Fsp3) is 0.412. The van der Waals surface area contributed by atoms with Gasteiger partial charge in [0.05, 0.1) is 3.79 Å². The van der Waals surface area contributed by atoms with E-state index in [1.165, 1.54) is 11.3 Å². The number of benzene rings is 1. The fourth-order valence-electron chi connectivity index (χ4n) is 3.10. The highest BCUT2D eigenvalue weighted by molar-refractivity contribution is 9.11. The van der Waals surface area contributed by atoms with Gasteiger partial charge in [0.25, 0.3) is 10.0 Å². The minimum atomic E-state index is -3.41. The molecule has 136 valence electrons. The molecule has 1 aliphatic heterocycles. The quantitative estimate of drug-likeness (QED) is 0.785. The molecule has 25 heavy (non-hydrogen) atoms. The van der Waals surface area contributed by atoms with Crippen LogP contribution in [0, 0.1) is 13.8 Å². The second-order valence-electron chi connectivity index (χ2n) is 6.33. The zero-order valence-electron chi connectivity index (χ0n) is 14.2. The molecule has 3 rings (SSSR count). The summed E-state index contributed by atoms with van der Waals surface area (Å²) < 4.78 is 28.1. The van der Waals surface area contributed by atoms with Crippen LogP contribution in [0.25, 0.3) is 0 Å². The number of rotatable bonds is 4. The average Bonchev–Trinajstić information content (AvgIpc) is 3.00. The summed E-state index contributed by atoms with van der Waals surface area (Å²) >= 11 is 4.55. The highest BCUT2D eigenvalue weighted by Gasteiger charge is 2.29. The summed E-state index contributed by atoms with van der Waals surface area (Å²) in [6, 6.07) is 7.36. The number of nitrogens with zero attached hydrogens (tertiary/aromatic N) is 2. The topological polar surface area (TPSA) is 60.9 Å². The highest BCUT2D eigenvalue weighted by Crippen LogP contribution is 2.30. The molecule has 1 aliphatic rings. The van der Waals surface area contributed by atoms with Gasteiger partial charge < -0.3 is 5.11 Å². The molecule has 1 saturated heterocycles. The van der Waals surface area contributed by atoms with E-state index in [9.17, 15) is 13.5 Å². The lowest BCUT2D eigenvalue weighted by Gasteiger charge is -2.33. The smallest absolute Gasteiger partial charge is 0.252 e. The van der Waals surface area contributed by atoms with Gasteiger partial charge in [-0.25, -0.2) is 8.42 Å². The van der Waals surface area contributed by atoms with E-state index in [4.69, 9.17) is 0 Å². The van der Waals surface area contributed by atoms with Crippen molar-refractivity contribution in [2.45, 2.75) is 24.6 Å². The minimum Gasteiger partial charge on any atom is -0.507 e. The molecule has 0 aliphatic carbocycles. The Bertz CT molecular complexity index is 872. The van der Waals surface area contributed by atoms with Crippen LogP contribution in [-0.4, -0.2) is 48.9 Å². The summed E-state index contributed by atoms with van der Waals surface area (Å²) in [5, 5.41) is 10.2. The van der Waals surface area contributed by atoms with Crippen LogP contribution in [0.1, 0.15) is 16.7 Å². The second-order valence-corrected chi connectivity index (χ2v) is 11.0. The molecule has 0 unspecified atom stereocenters. The van der Waals surface area contributed by atoms with E-state index in [-0.39, 0.29) is 0 Å². The molecule has 0 atom stereocenters. The van der Waals surface area contributed by atoms with Crippen LogP contribution in [-0.2, 0) is 16.6 Å². The monoisotopic (exact) mass is 444 g/mol. The van der Waals surface area contributed by atoms with Crippen LogP contribution >= 0.6 is 27.3 Å². The van der Waals surface area contributed by atoms with Crippen molar-refractivity contribution in [3.63, 3.8) is 0 Å². The number of hydrogen-bond donors (Lipinski definition) is 1. The number of halogens is 1. The average molecular weight is 445 g/mol. The van der Waals surface area contributed by atoms with Gasteiger partial charge >= 0.3 is 0 Å². The molecule has 2 aromatic rings. The lowest BCUT2D eigenvalue weighted by Crippen LogP contribution is -2.48. The van der Waals surface area contributed by atoms with Crippen LogP contribution < -0.4 is 0 Å². The molecule has 0 amide bonds. The van der Waals surface area contributed by atoms with Crippen molar-refractivity contribution in [1.82, 2.24) is 9.21 Å². The van der Waals surface area contributed by atoms with Crippen molar-refractivity contribution < 1.29 is 13.5 Å². The first-order valence-corrected chi connectivity index (χ1v) is 11.1. The first kappa shape index (κ1) is 18.8. The Kier molecular flexibility index (Phi) is 5.55. The van der Waals surface area contributed by atoms with Gasteiger partial charge in [-0.2, -0.15) is 4.31 Å². The van der Waals surface area contributed by atoms with Crippen LogP contribution in [0.3, 0.4) is 0 Å². The maximum absolute atomic E-state index is 12.7. The van der Waals surface area contributed by atoms with Crippen molar-refractivity contribution in [2.24, 2.45) is 0 Å². The van der Waals surface area contributed by atoms with Gasteiger partial charge in [-0.1, -0.05) is 17.7 Å². The van der Waals surface area contributed by atoms with E-state index in [1.54, 1.807) is 16.4 Å².